The molecule has 4 atom stereocenters. The highest BCUT2D eigenvalue weighted by Gasteiger charge is 2.49. The van der Waals surface area contributed by atoms with Crippen molar-refractivity contribution in [3.63, 3.8) is 0 Å². The van der Waals surface area contributed by atoms with Crippen molar-refractivity contribution < 1.29 is 14.0 Å². The number of nitrogens with two attached hydrogens (primary N) is 1. The van der Waals surface area contributed by atoms with Gasteiger partial charge >= 0.3 is 0 Å². The molecule has 1 saturated heterocycles. The molecule has 0 spiro atoms. The van der Waals surface area contributed by atoms with Crippen LogP contribution in [0.3, 0.4) is 0 Å². The zero-order valence-corrected chi connectivity index (χ0v) is 13.8. The van der Waals surface area contributed by atoms with E-state index in [1.807, 2.05) is 0 Å². The summed E-state index contributed by atoms with van der Waals surface area (Å²) in [6.07, 6.45) is 6.53. The number of hydrogen-bond donors (Lipinski definition) is 2. The van der Waals surface area contributed by atoms with Gasteiger partial charge in [0.25, 0.3) is 5.91 Å². The van der Waals surface area contributed by atoms with E-state index in [0.717, 1.165) is 25.7 Å². The van der Waals surface area contributed by atoms with Gasteiger partial charge in [-0.1, -0.05) is 0 Å². The Bertz CT molecular complexity index is 605. The van der Waals surface area contributed by atoms with Crippen LogP contribution in [0.5, 0.6) is 0 Å². The number of likely N-dealkylation sites (tertiary alicyclic amines) is 1. The number of nitrogens with one attached hydrogen (secondary N) is 1. The number of rotatable bonds is 3. The Hall–Kier alpha value is -1.82. The lowest BCUT2D eigenvalue weighted by molar-refractivity contribution is -0.128. The average Bonchev–Trinajstić information content (AvgIpc) is 3.32. The third-order valence-electron chi connectivity index (χ3n) is 6.14. The number of nitrogens with zero attached hydrogens (tertiary/aromatic N) is 1. The fourth-order valence-corrected chi connectivity index (χ4v) is 4.81. The molecule has 3 N–H and O–H groups in total. The van der Waals surface area contributed by atoms with Crippen molar-refractivity contribution in [1.29, 1.82) is 0 Å². The first-order valence-corrected chi connectivity index (χ1v) is 9.02. The third kappa shape index (κ3) is 2.73. The molecule has 130 valence electrons. The number of fused-ring (bicyclic) bond motifs is 2. The summed E-state index contributed by atoms with van der Waals surface area (Å²) >= 11 is 0. The van der Waals surface area contributed by atoms with Gasteiger partial charge in [-0.2, -0.15) is 0 Å². The molecular formula is C18H25N3O3. The van der Waals surface area contributed by atoms with Crippen molar-refractivity contribution in [2.24, 2.45) is 23.5 Å². The maximum absolute atomic E-state index is 12.6. The smallest absolute Gasteiger partial charge is 0.289 e. The van der Waals surface area contributed by atoms with Gasteiger partial charge in [-0.05, 0) is 56.1 Å². The van der Waals surface area contributed by atoms with Crippen molar-refractivity contribution in [2.45, 2.75) is 44.2 Å². The van der Waals surface area contributed by atoms with Crippen molar-refractivity contribution >= 4 is 11.8 Å². The molecule has 0 aromatic carbocycles. The van der Waals surface area contributed by atoms with Crippen LogP contribution in [0.4, 0.5) is 0 Å². The van der Waals surface area contributed by atoms with Crippen LogP contribution in [-0.2, 0) is 4.79 Å². The van der Waals surface area contributed by atoms with Crippen molar-refractivity contribution in [3.05, 3.63) is 24.2 Å². The first-order chi connectivity index (χ1) is 11.6. The Morgan fingerprint density at radius 2 is 1.92 bits per heavy atom. The zero-order valence-electron chi connectivity index (χ0n) is 13.8. The Morgan fingerprint density at radius 1 is 1.17 bits per heavy atom. The molecular weight excluding hydrogens is 306 g/mol. The lowest BCUT2D eigenvalue weighted by atomic mass is 9.84. The van der Waals surface area contributed by atoms with E-state index in [1.54, 1.807) is 17.0 Å². The van der Waals surface area contributed by atoms with Gasteiger partial charge in [0.2, 0.25) is 5.91 Å². The summed E-state index contributed by atoms with van der Waals surface area (Å²) in [4.78, 5) is 26.7. The third-order valence-corrected chi connectivity index (χ3v) is 6.14. The van der Waals surface area contributed by atoms with Crippen molar-refractivity contribution in [3.8, 4) is 0 Å². The van der Waals surface area contributed by atoms with Crippen LogP contribution in [0.1, 0.15) is 42.7 Å². The predicted octanol–water partition coefficient (Wildman–Crippen LogP) is 1.37. The summed E-state index contributed by atoms with van der Waals surface area (Å²) < 4.78 is 5.17. The SMILES string of the molecule is NC1C2CCC(C2)C1C(=O)NC1CCN(C(=O)c2ccco2)CC1. The molecule has 2 amide bonds. The van der Waals surface area contributed by atoms with E-state index in [4.69, 9.17) is 10.2 Å². The predicted molar refractivity (Wildman–Crippen MR) is 88.1 cm³/mol. The van der Waals surface area contributed by atoms with Gasteiger partial charge in [0.15, 0.2) is 5.76 Å². The molecule has 3 fully saturated rings. The molecule has 1 aliphatic heterocycles. The van der Waals surface area contributed by atoms with Crippen LogP contribution < -0.4 is 11.1 Å². The largest absolute Gasteiger partial charge is 0.459 e. The summed E-state index contributed by atoms with van der Waals surface area (Å²) in [6.45, 7) is 1.29. The quantitative estimate of drug-likeness (QED) is 0.875. The zero-order chi connectivity index (χ0) is 16.7. The molecule has 2 heterocycles. The minimum Gasteiger partial charge on any atom is -0.459 e. The molecule has 3 aliphatic rings. The standard InChI is InChI=1S/C18H25N3O3/c19-16-12-4-3-11(10-12)15(16)17(22)20-13-5-7-21(8-6-13)18(23)14-2-1-9-24-14/h1-2,9,11-13,15-16H,3-8,10,19H2,(H,20,22). The van der Waals surface area contributed by atoms with Crippen molar-refractivity contribution in [2.75, 3.05) is 13.1 Å². The van der Waals surface area contributed by atoms with Gasteiger partial charge in [0, 0.05) is 25.2 Å². The van der Waals surface area contributed by atoms with Crippen molar-refractivity contribution in [1.82, 2.24) is 10.2 Å². The van der Waals surface area contributed by atoms with Gasteiger partial charge in [-0.15, -0.1) is 0 Å². The highest BCUT2D eigenvalue weighted by molar-refractivity contribution is 5.91. The Balaban J connectivity index is 1.29. The summed E-state index contributed by atoms with van der Waals surface area (Å²) in [7, 11) is 0. The Labute approximate surface area is 141 Å². The topological polar surface area (TPSA) is 88.6 Å². The van der Waals surface area contributed by atoms with E-state index in [1.165, 1.54) is 12.7 Å². The average molecular weight is 331 g/mol. The summed E-state index contributed by atoms with van der Waals surface area (Å²) in [5, 5.41) is 3.19. The first-order valence-electron chi connectivity index (χ1n) is 9.02. The molecule has 2 aliphatic carbocycles. The molecule has 24 heavy (non-hydrogen) atoms. The van der Waals surface area contributed by atoms with Gasteiger partial charge in [0.05, 0.1) is 12.2 Å². The molecule has 6 nitrogen and oxygen atoms in total. The number of amides is 2. The van der Waals surface area contributed by atoms with E-state index in [0.29, 0.717) is 30.7 Å². The number of piperidine rings is 1. The van der Waals surface area contributed by atoms with Gasteiger partial charge < -0.3 is 20.4 Å². The number of carbonyl (C=O) groups is 2. The molecule has 4 unspecified atom stereocenters. The van der Waals surface area contributed by atoms with Gasteiger partial charge in [-0.25, -0.2) is 0 Å². The highest BCUT2D eigenvalue weighted by Crippen LogP contribution is 2.47. The lowest BCUT2D eigenvalue weighted by Gasteiger charge is -2.34. The van der Waals surface area contributed by atoms with Crippen LogP contribution in [0, 0.1) is 17.8 Å². The molecule has 2 saturated carbocycles. The second kappa shape index (κ2) is 6.24. The lowest BCUT2D eigenvalue weighted by Crippen LogP contribution is -2.51. The normalized spacial score (nSPS) is 33.0. The summed E-state index contributed by atoms with van der Waals surface area (Å²) in [6, 6.07) is 3.58. The Morgan fingerprint density at radius 3 is 2.54 bits per heavy atom. The number of hydrogen-bond acceptors (Lipinski definition) is 4. The molecule has 2 bridgehead atoms. The van der Waals surface area contributed by atoms with Gasteiger partial charge in [0.1, 0.15) is 0 Å². The van der Waals surface area contributed by atoms with E-state index in [2.05, 4.69) is 5.32 Å². The summed E-state index contributed by atoms with van der Waals surface area (Å²) in [5.74, 6) is 1.45. The molecule has 0 radical (unpaired) electrons. The first kappa shape index (κ1) is 15.7. The van der Waals surface area contributed by atoms with E-state index >= 15 is 0 Å². The van der Waals surface area contributed by atoms with Crippen LogP contribution in [0.2, 0.25) is 0 Å². The minimum absolute atomic E-state index is 0.00784. The fraction of sp³-hybridized carbons (Fsp3) is 0.667. The highest BCUT2D eigenvalue weighted by atomic mass is 16.3. The van der Waals surface area contributed by atoms with Crippen LogP contribution >= 0.6 is 0 Å². The molecule has 4 rings (SSSR count). The van der Waals surface area contributed by atoms with E-state index < -0.39 is 0 Å². The number of carbonyl (C=O) groups excluding carboxylic acids is 2. The molecule has 1 aromatic rings. The second-order valence-electron chi connectivity index (χ2n) is 7.49. The molecule has 6 heteroatoms. The Kier molecular flexibility index (Phi) is 4.08. The second-order valence-corrected chi connectivity index (χ2v) is 7.49. The van der Waals surface area contributed by atoms with E-state index in [9.17, 15) is 9.59 Å². The van der Waals surface area contributed by atoms with Gasteiger partial charge in [-0.3, -0.25) is 9.59 Å². The van der Waals surface area contributed by atoms with Crippen LogP contribution in [0.25, 0.3) is 0 Å². The maximum atomic E-state index is 12.6. The van der Waals surface area contributed by atoms with E-state index in [-0.39, 0.29) is 29.8 Å². The number of furan rings is 1. The minimum atomic E-state index is -0.0695. The van der Waals surface area contributed by atoms with Crippen LogP contribution in [-0.4, -0.2) is 41.9 Å². The monoisotopic (exact) mass is 331 g/mol. The summed E-state index contributed by atoms with van der Waals surface area (Å²) in [5.41, 5.74) is 6.26. The molecule has 1 aromatic heterocycles. The fourth-order valence-electron chi connectivity index (χ4n) is 4.81. The maximum Gasteiger partial charge on any atom is 0.289 e. The van der Waals surface area contributed by atoms with Crippen LogP contribution in [0.15, 0.2) is 22.8 Å².